The molecule has 0 N–H and O–H groups in total. The van der Waals surface area contributed by atoms with Gasteiger partial charge >= 0.3 is 0 Å². The number of rotatable bonds is 3. The highest BCUT2D eigenvalue weighted by Crippen LogP contribution is 2.45. The van der Waals surface area contributed by atoms with Gasteiger partial charge in [-0.15, -0.1) is 0 Å². The van der Waals surface area contributed by atoms with Crippen LogP contribution < -0.4 is 0 Å². The molecule has 47 heavy (non-hydrogen) atoms. The summed E-state index contributed by atoms with van der Waals surface area (Å²) in [5.74, 6) is 0. The standard InChI is InChI=1S/C44H26N2O/c1-2-11-27(12-3-1)43-37-23-22-35-30-14-8-9-19-39(30)47-44(35)42(37)36-21-20-28(25-38(36)46-43)40-31-15-4-6-17-33(31)41(29-13-10-24-45-26-29)34-18-7-5-16-32(34)40/h1-26H. The number of hydrogen-bond acceptors (Lipinski definition) is 3. The van der Waals surface area contributed by atoms with Crippen LogP contribution in [0, 0.1) is 0 Å². The van der Waals surface area contributed by atoms with Gasteiger partial charge in [-0.25, -0.2) is 4.98 Å². The molecule has 0 unspecified atom stereocenters. The lowest BCUT2D eigenvalue weighted by Gasteiger charge is -2.18. The minimum absolute atomic E-state index is 0.893. The normalized spacial score (nSPS) is 11.8. The van der Waals surface area contributed by atoms with Crippen LogP contribution >= 0.6 is 0 Å². The van der Waals surface area contributed by atoms with Crippen LogP contribution in [0.3, 0.4) is 0 Å². The minimum atomic E-state index is 0.893. The topological polar surface area (TPSA) is 38.9 Å². The molecule has 10 aromatic rings. The van der Waals surface area contributed by atoms with Crippen LogP contribution in [-0.2, 0) is 0 Å². The van der Waals surface area contributed by atoms with Crippen LogP contribution in [0.1, 0.15) is 0 Å². The molecule has 0 saturated carbocycles. The first-order valence-electron chi connectivity index (χ1n) is 15.9. The zero-order chi connectivity index (χ0) is 30.9. The highest BCUT2D eigenvalue weighted by atomic mass is 16.3. The van der Waals surface area contributed by atoms with Crippen molar-refractivity contribution in [3.05, 3.63) is 158 Å². The molecule has 3 nitrogen and oxygen atoms in total. The van der Waals surface area contributed by atoms with Gasteiger partial charge in [0.1, 0.15) is 11.2 Å². The van der Waals surface area contributed by atoms with E-state index in [0.29, 0.717) is 0 Å². The summed E-state index contributed by atoms with van der Waals surface area (Å²) in [5.41, 5.74) is 9.41. The van der Waals surface area contributed by atoms with Gasteiger partial charge in [-0.05, 0) is 62.5 Å². The predicted molar refractivity (Wildman–Crippen MR) is 196 cm³/mol. The Hall–Kier alpha value is -6.32. The maximum atomic E-state index is 6.62. The van der Waals surface area contributed by atoms with E-state index in [9.17, 15) is 0 Å². The average Bonchev–Trinajstić information content (AvgIpc) is 3.53. The Morgan fingerprint density at radius 3 is 1.72 bits per heavy atom. The minimum Gasteiger partial charge on any atom is -0.455 e. The molecule has 218 valence electrons. The first kappa shape index (κ1) is 26.0. The van der Waals surface area contributed by atoms with E-state index in [2.05, 4.69) is 126 Å². The Balaban J connectivity index is 1.33. The van der Waals surface area contributed by atoms with E-state index in [4.69, 9.17) is 9.40 Å². The third-order valence-corrected chi connectivity index (χ3v) is 9.52. The maximum Gasteiger partial charge on any atom is 0.144 e. The fourth-order valence-corrected chi connectivity index (χ4v) is 7.50. The second-order valence-electron chi connectivity index (χ2n) is 12.1. The van der Waals surface area contributed by atoms with E-state index in [1.807, 2.05) is 36.7 Å². The molecule has 0 spiro atoms. The van der Waals surface area contributed by atoms with Gasteiger partial charge in [0, 0.05) is 50.5 Å². The zero-order valence-electron chi connectivity index (χ0n) is 25.3. The monoisotopic (exact) mass is 598 g/mol. The summed E-state index contributed by atoms with van der Waals surface area (Å²) in [5, 5.41) is 10.3. The molecular weight excluding hydrogens is 572 g/mol. The van der Waals surface area contributed by atoms with Crippen molar-refractivity contribution in [2.24, 2.45) is 0 Å². The fourth-order valence-electron chi connectivity index (χ4n) is 7.50. The number of para-hydroxylation sites is 1. The Bertz CT molecular complexity index is 2780. The van der Waals surface area contributed by atoms with Crippen molar-refractivity contribution in [3.63, 3.8) is 0 Å². The summed E-state index contributed by atoms with van der Waals surface area (Å²) in [6, 6.07) is 51.5. The number of aromatic nitrogens is 2. The first-order valence-corrected chi connectivity index (χ1v) is 15.9. The van der Waals surface area contributed by atoms with Gasteiger partial charge in [-0.3, -0.25) is 4.98 Å². The number of nitrogens with zero attached hydrogens (tertiary/aromatic N) is 2. The molecular formula is C44H26N2O. The van der Waals surface area contributed by atoms with Crippen molar-refractivity contribution < 1.29 is 4.42 Å². The largest absolute Gasteiger partial charge is 0.455 e. The van der Waals surface area contributed by atoms with Crippen molar-refractivity contribution in [1.82, 2.24) is 9.97 Å². The van der Waals surface area contributed by atoms with Gasteiger partial charge in [0.05, 0.1) is 11.2 Å². The van der Waals surface area contributed by atoms with Crippen LogP contribution in [0.25, 0.3) is 98.7 Å². The molecule has 0 atom stereocenters. The number of benzene rings is 7. The van der Waals surface area contributed by atoms with Gasteiger partial charge in [0.25, 0.3) is 0 Å². The highest BCUT2D eigenvalue weighted by Gasteiger charge is 2.20. The van der Waals surface area contributed by atoms with E-state index < -0.39 is 0 Å². The average molecular weight is 599 g/mol. The van der Waals surface area contributed by atoms with Crippen molar-refractivity contribution in [1.29, 1.82) is 0 Å². The third kappa shape index (κ3) is 3.87. The quantitative estimate of drug-likeness (QED) is 0.150. The van der Waals surface area contributed by atoms with Crippen molar-refractivity contribution in [2.75, 3.05) is 0 Å². The number of pyridine rings is 2. The lowest BCUT2D eigenvalue weighted by Crippen LogP contribution is -1.93. The van der Waals surface area contributed by atoms with Gasteiger partial charge in [0.15, 0.2) is 0 Å². The smallest absolute Gasteiger partial charge is 0.144 e. The molecule has 3 heteroatoms. The van der Waals surface area contributed by atoms with Crippen LogP contribution in [0.5, 0.6) is 0 Å². The summed E-state index contributed by atoms with van der Waals surface area (Å²) >= 11 is 0. The predicted octanol–water partition coefficient (Wildman–Crippen LogP) is 12.0. The van der Waals surface area contributed by atoms with Crippen molar-refractivity contribution in [3.8, 4) is 33.5 Å². The molecule has 0 aliphatic heterocycles. The van der Waals surface area contributed by atoms with E-state index in [0.717, 1.165) is 66.0 Å². The number of fused-ring (bicyclic) bond motifs is 9. The molecule has 0 saturated heterocycles. The molecule has 3 aromatic heterocycles. The zero-order valence-corrected chi connectivity index (χ0v) is 25.3. The van der Waals surface area contributed by atoms with Crippen LogP contribution in [-0.4, -0.2) is 9.97 Å². The Kier molecular flexibility index (Phi) is 5.57. The van der Waals surface area contributed by atoms with E-state index >= 15 is 0 Å². The van der Waals surface area contributed by atoms with Crippen LogP contribution in [0.2, 0.25) is 0 Å². The Morgan fingerprint density at radius 1 is 0.426 bits per heavy atom. The highest BCUT2D eigenvalue weighted by molar-refractivity contribution is 6.26. The molecule has 0 fully saturated rings. The van der Waals surface area contributed by atoms with E-state index in [1.54, 1.807) is 0 Å². The molecule has 0 aliphatic carbocycles. The first-order chi connectivity index (χ1) is 23.3. The number of furan rings is 1. The molecule has 3 heterocycles. The molecule has 0 bridgehead atoms. The molecule has 7 aromatic carbocycles. The van der Waals surface area contributed by atoms with Crippen LogP contribution in [0.15, 0.2) is 162 Å². The molecule has 0 aliphatic rings. The Labute approximate surface area is 270 Å². The summed E-state index contributed by atoms with van der Waals surface area (Å²) < 4.78 is 6.62. The second-order valence-corrected chi connectivity index (χ2v) is 12.1. The molecule has 0 radical (unpaired) electrons. The van der Waals surface area contributed by atoms with Crippen molar-refractivity contribution in [2.45, 2.75) is 0 Å². The van der Waals surface area contributed by atoms with Gasteiger partial charge in [0.2, 0.25) is 0 Å². The second kappa shape index (κ2) is 10.1. The van der Waals surface area contributed by atoms with E-state index in [-0.39, 0.29) is 0 Å². The molecule has 10 rings (SSSR count). The summed E-state index contributed by atoms with van der Waals surface area (Å²) in [6.07, 6.45) is 3.79. The summed E-state index contributed by atoms with van der Waals surface area (Å²) in [6.45, 7) is 0. The van der Waals surface area contributed by atoms with E-state index in [1.165, 1.54) is 32.7 Å². The molecule has 0 amide bonds. The van der Waals surface area contributed by atoms with Crippen LogP contribution in [0.4, 0.5) is 0 Å². The number of hydrogen-bond donors (Lipinski definition) is 0. The lowest BCUT2D eigenvalue weighted by molar-refractivity contribution is 0.673. The van der Waals surface area contributed by atoms with Crippen molar-refractivity contribution >= 4 is 65.2 Å². The van der Waals surface area contributed by atoms with Gasteiger partial charge in [-0.2, -0.15) is 0 Å². The third-order valence-electron chi connectivity index (χ3n) is 9.52. The van der Waals surface area contributed by atoms with Gasteiger partial charge < -0.3 is 4.42 Å². The summed E-state index contributed by atoms with van der Waals surface area (Å²) in [7, 11) is 0. The SMILES string of the molecule is c1ccc(-c2nc3cc(-c4c5ccccc5c(-c5cccnc5)c5ccccc45)ccc3c3c2ccc2c4ccccc4oc23)cc1. The lowest BCUT2D eigenvalue weighted by atomic mass is 9.86. The summed E-state index contributed by atoms with van der Waals surface area (Å²) in [4.78, 5) is 9.86. The fraction of sp³-hybridized carbons (Fsp3) is 0. The van der Waals surface area contributed by atoms with Gasteiger partial charge in [-0.1, -0.05) is 121 Å². The Morgan fingerprint density at radius 2 is 1.02 bits per heavy atom. The maximum absolute atomic E-state index is 6.62.